The number of hydrogen-bond acceptors (Lipinski definition) is 2. The Morgan fingerprint density at radius 3 is 3.06 bits per heavy atom. The Hall–Kier alpha value is -1.32. The van der Waals surface area contributed by atoms with Gasteiger partial charge < -0.3 is 14.0 Å². The number of fused-ring (bicyclic) bond motifs is 1. The molecule has 0 bridgehead atoms. The topological polar surface area (TPSA) is 23.4 Å². The largest absolute Gasteiger partial charge is 0.353 e. The van der Waals surface area contributed by atoms with Crippen molar-refractivity contribution >= 4 is 10.9 Å². The van der Waals surface area contributed by atoms with Gasteiger partial charge in [-0.3, -0.25) is 0 Å². The molecule has 96 valence electrons. The number of aromatic nitrogens is 1. The highest BCUT2D eigenvalue weighted by molar-refractivity contribution is 5.79. The van der Waals surface area contributed by atoms with Gasteiger partial charge >= 0.3 is 0 Å². The highest BCUT2D eigenvalue weighted by Gasteiger charge is 2.13. The highest BCUT2D eigenvalue weighted by Crippen LogP contribution is 2.16. The summed E-state index contributed by atoms with van der Waals surface area (Å²) in [6.45, 7) is 2.44. The zero-order chi connectivity index (χ0) is 12.2. The molecular formula is C15H19NO2. The van der Waals surface area contributed by atoms with E-state index in [1.165, 1.54) is 23.7 Å². The molecule has 1 unspecified atom stereocenters. The van der Waals surface area contributed by atoms with Crippen LogP contribution in [0.25, 0.3) is 10.9 Å². The van der Waals surface area contributed by atoms with Crippen LogP contribution in [0, 0.1) is 0 Å². The monoisotopic (exact) mass is 245 g/mol. The second-order valence-electron chi connectivity index (χ2n) is 4.73. The lowest BCUT2D eigenvalue weighted by molar-refractivity contribution is -0.163. The second-order valence-corrected chi connectivity index (χ2v) is 4.73. The lowest BCUT2D eigenvalue weighted by Crippen LogP contribution is -2.23. The fourth-order valence-corrected chi connectivity index (χ4v) is 2.46. The average Bonchev–Trinajstić information content (AvgIpc) is 2.84. The van der Waals surface area contributed by atoms with E-state index in [9.17, 15) is 0 Å². The van der Waals surface area contributed by atoms with Crippen LogP contribution in [0.15, 0.2) is 36.5 Å². The van der Waals surface area contributed by atoms with Crippen LogP contribution >= 0.6 is 0 Å². The molecule has 1 aliphatic heterocycles. The van der Waals surface area contributed by atoms with Gasteiger partial charge in [0.25, 0.3) is 0 Å². The number of hydrogen-bond donors (Lipinski definition) is 0. The predicted molar refractivity (Wildman–Crippen MR) is 71.5 cm³/mol. The van der Waals surface area contributed by atoms with Crippen molar-refractivity contribution in [3.05, 3.63) is 36.5 Å². The zero-order valence-electron chi connectivity index (χ0n) is 10.5. The van der Waals surface area contributed by atoms with Gasteiger partial charge in [0, 0.05) is 24.9 Å². The van der Waals surface area contributed by atoms with Crippen molar-refractivity contribution in [2.45, 2.75) is 32.1 Å². The van der Waals surface area contributed by atoms with E-state index in [2.05, 4.69) is 41.1 Å². The minimum atomic E-state index is 0.0144. The van der Waals surface area contributed by atoms with Crippen molar-refractivity contribution < 1.29 is 9.47 Å². The first-order valence-corrected chi connectivity index (χ1v) is 6.70. The molecule has 0 spiro atoms. The quantitative estimate of drug-likeness (QED) is 0.826. The minimum absolute atomic E-state index is 0.0144. The third-order valence-corrected chi connectivity index (χ3v) is 3.45. The summed E-state index contributed by atoms with van der Waals surface area (Å²) in [4.78, 5) is 0. The van der Waals surface area contributed by atoms with Crippen molar-refractivity contribution in [1.82, 2.24) is 4.57 Å². The van der Waals surface area contributed by atoms with Gasteiger partial charge in [0.2, 0.25) is 0 Å². The van der Waals surface area contributed by atoms with Crippen molar-refractivity contribution in [2.24, 2.45) is 0 Å². The van der Waals surface area contributed by atoms with E-state index in [1.54, 1.807) is 0 Å². The van der Waals surface area contributed by atoms with E-state index >= 15 is 0 Å². The SMILES string of the molecule is c1ccc2c(c1)ccn2CCOC1CCCCO1. The molecule has 18 heavy (non-hydrogen) atoms. The summed E-state index contributed by atoms with van der Waals surface area (Å²) in [7, 11) is 0. The fraction of sp³-hybridized carbons (Fsp3) is 0.467. The Morgan fingerprint density at radius 1 is 1.22 bits per heavy atom. The first-order valence-electron chi connectivity index (χ1n) is 6.70. The minimum Gasteiger partial charge on any atom is -0.353 e. The first-order chi connectivity index (χ1) is 8.93. The van der Waals surface area contributed by atoms with Crippen molar-refractivity contribution in [3.8, 4) is 0 Å². The Labute approximate surface area is 107 Å². The van der Waals surface area contributed by atoms with Crippen LogP contribution in [0.4, 0.5) is 0 Å². The standard InChI is InChI=1S/C15H19NO2/c1-2-6-14-13(5-1)8-9-16(14)10-12-18-15-7-3-4-11-17-15/h1-2,5-6,8-9,15H,3-4,7,10-12H2. The molecule has 3 rings (SSSR count). The van der Waals surface area contributed by atoms with Crippen LogP contribution in [0.5, 0.6) is 0 Å². The molecule has 1 fully saturated rings. The highest BCUT2D eigenvalue weighted by atomic mass is 16.7. The molecule has 0 N–H and O–H groups in total. The lowest BCUT2D eigenvalue weighted by atomic mass is 10.2. The van der Waals surface area contributed by atoms with Crippen molar-refractivity contribution in [1.29, 1.82) is 0 Å². The molecule has 3 heteroatoms. The smallest absolute Gasteiger partial charge is 0.157 e. The summed E-state index contributed by atoms with van der Waals surface area (Å²) in [5.74, 6) is 0. The predicted octanol–water partition coefficient (Wildman–Crippen LogP) is 3.18. The number of nitrogens with zero attached hydrogens (tertiary/aromatic N) is 1. The molecule has 0 aliphatic carbocycles. The van der Waals surface area contributed by atoms with E-state index in [0.717, 1.165) is 19.6 Å². The van der Waals surface area contributed by atoms with Gasteiger partial charge in [-0.05, 0) is 36.8 Å². The maximum atomic E-state index is 5.76. The molecule has 0 saturated carbocycles. The summed E-state index contributed by atoms with van der Waals surface area (Å²) >= 11 is 0. The maximum absolute atomic E-state index is 5.76. The molecule has 2 heterocycles. The van der Waals surface area contributed by atoms with E-state index < -0.39 is 0 Å². The Morgan fingerprint density at radius 2 is 2.17 bits per heavy atom. The Kier molecular flexibility index (Phi) is 3.62. The fourth-order valence-electron chi connectivity index (χ4n) is 2.46. The molecule has 0 amide bonds. The Balaban J connectivity index is 1.56. The molecule has 2 aromatic rings. The van der Waals surface area contributed by atoms with Gasteiger partial charge in [-0.15, -0.1) is 0 Å². The average molecular weight is 245 g/mol. The van der Waals surface area contributed by atoms with Crippen LogP contribution in [0.2, 0.25) is 0 Å². The van der Waals surface area contributed by atoms with Gasteiger partial charge in [0.05, 0.1) is 6.61 Å². The van der Waals surface area contributed by atoms with E-state index in [1.807, 2.05) is 0 Å². The summed E-state index contributed by atoms with van der Waals surface area (Å²) < 4.78 is 13.5. The molecule has 1 aliphatic rings. The van der Waals surface area contributed by atoms with Gasteiger partial charge in [-0.2, -0.15) is 0 Å². The molecule has 1 aromatic heterocycles. The summed E-state index contributed by atoms with van der Waals surface area (Å²) in [5, 5.41) is 1.28. The molecule has 1 saturated heterocycles. The molecule has 1 aromatic carbocycles. The van der Waals surface area contributed by atoms with E-state index in [0.29, 0.717) is 6.61 Å². The maximum Gasteiger partial charge on any atom is 0.157 e. The number of para-hydroxylation sites is 1. The van der Waals surface area contributed by atoms with Crippen LogP contribution in [0.3, 0.4) is 0 Å². The van der Waals surface area contributed by atoms with E-state index in [4.69, 9.17) is 9.47 Å². The van der Waals surface area contributed by atoms with Crippen LogP contribution in [-0.2, 0) is 16.0 Å². The van der Waals surface area contributed by atoms with Crippen LogP contribution in [0.1, 0.15) is 19.3 Å². The molecule has 1 atom stereocenters. The van der Waals surface area contributed by atoms with Gasteiger partial charge in [0.15, 0.2) is 6.29 Å². The summed E-state index contributed by atoms with van der Waals surface area (Å²) in [5.41, 5.74) is 1.27. The second kappa shape index (κ2) is 5.55. The summed E-state index contributed by atoms with van der Waals surface area (Å²) in [6.07, 6.45) is 5.56. The summed E-state index contributed by atoms with van der Waals surface area (Å²) in [6, 6.07) is 10.6. The van der Waals surface area contributed by atoms with Crippen molar-refractivity contribution in [3.63, 3.8) is 0 Å². The molecular weight excluding hydrogens is 226 g/mol. The van der Waals surface area contributed by atoms with E-state index in [-0.39, 0.29) is 6.29 Å². The van der Waals surface area contributed by atoms with Gasteiger partial charge in [-0.1, -0.05) is 18.2 Å². The lowest BCUT2D eigenvalue weighted by Gasteiger charge is -2.22. The van der Waals surface area contributed by atoms with Gasteiger partial charge in [-0.25, -0.2) is 0 Å². The third kappa shape index (κ3) is 2.57. The normalized spacial score (nSPS) is 20.3. The zero-order valence-corrected chi connectivity index (χ0v) is 10.5. The first kappa shape index (κ1) is 11.8. The molecule has 3 nitrogen and oxygen atoms in total. The molecule has 0 radical (unpaired) electrons. The number of rotatable bonds is 4. The van der Waals surface area contributed by atoms with Gasteiger partial charge in [0.1, 0.15) is 0 Å². The Bertz CT molecular complexity index is 500. The van der Waals surface area contributed by atoms with Crippen molar-refractivity contribution in [2.75, 3.05) is 13.2 Å². The van der Waals surface area contributed by atoms with Crippen LogP contribution in [-0.4, -0.2) is 24.1 Å². The number of benzene rings is 1. The number of ether oxygens (including phenoxy) is 2. The third-order valence-electron chi connectivity index (χ3n) is 3.45. The van der Waals surface area contributed by atoms with Crippen LogP contribution < -0.4 is 0 Å².